The van der Waals surface area contributed by atoms with E-state index >= 15 is 0 Å². The Morgan fingerprint density at radius 3 is 2.15 bits per heavy atom. The van der Waals surface area contributed by atoms with Crippen LogP contribution in [0.4, 0.5) is 0 Å². The van der Waals surface area contributed by atoms with Gasteiger partial charge in [0.1, 0.15) is 0 Å². The molecular formula is C6H2Br2Cl2O2S. The second kappa shape index (κ2) is 4.06. The lowest BCUT2D eigenvalue weighted by molar-refractivity contribution is 0.609. The molecule has 0 N–H and O–H groups in total. The Labute approximate surface area is 102 Å². The van der Waals surface area contributed by atoms with Gasteiger partial charge in [0, 0.05) is 19.6 Å². The van der Waals surface area contributed by atoms with Gasteiger partial charge >= 0.3 is 0 Å². The molecule has 1 aromatic rings. The summed E-state index contributed by atoms with van der Waals surface area (Å²) in [6.45, 7) is 0. The third-order valence-electron chi connectivity index (χ3n) is 1.24. The number of hydrogen-bond acceptors (Lipinski definition) is 2. The van der Waals surface area contributed by atoms with Gasteiger partial charge in [-0.05, 0) is 44.0 Å². The molecule has 0 aliphatic carbocycles. The van der Waals surface area contributed by atoms with Crippen LogP contribution in [0.25, 0.3) is 0 Å². The molecule has 0 fully saturated rings. The molecule has 0 saturated carbocycles. The fourth-order valence-electron chi connectivity index (χ4n) is 0.691. The molecule has 0 saturated heterocycles. The Bertz CT molecular complexity index is 444. The van der Waals surface area contributed by atoms with Gasteiger partial charge in [0.2, 0.25) is 0 Å². The summed E-state index contributed by atoms with van der Waals surface area (Å²) in [4.78, 5) is -0.00885. The van der Waals surface area contributed by atoms with Crippen LogP contribution in [0.2, 0.25) is 5.02 Å². The summed E-state index contributed by atoms with van der Waals surface area (Å²) in [6.07, 6.45) is 0. The van der Waals surface area contributed by atoms with Gasteiger partial charge < -0.3 is 0 Å². The van der Waals surface area contributed by atoms with Crippen molar-refractivity contribution >= 4 is 63.2 Å². The Balaban J connectivity index is 3.50. The van der Waals surface area contributed by atoms with Crippen LogP contribution in [0.5, 0.6) is 0 Å². The Morgan fingerprint density at radius 2 is 1.69 bits per heavy atom. The molecule has 0 heterocycles. The van der Waals surface area contributed by atoms with E-state index < -0.39 is 9.05 Å². The summed E-state index contributed by atoms with van der Waals surface area (Å²) in [7, 11) is 1.43. The van der Waals surface area contributed by atoms with Crippen LogP contribution < -0.4 is 0 Å². The van der Waals surface area contributed by atoms with Gasteiger partial charge in [-0.1, -0.05) is 11.6 Å². The smallest absolute Gasteiger partial charge is 0.207 e. The summed E-state index contributed by atoms with van der Waals surface area (Å²) in [5.41, 5.74) is 0. The van der Waals surface area contributed by atoms with Gasteiger partial charge in [0.25, 0.3) is 9.05 Å². The van der Waals surface area contributed by atoms with Crippen LogP contribution in [-0.4, -0.2) is 8.42 Å². The lowest BCUT2D eigenvalue weighted by atomic mass is 10.4. The van der Waals surface area contributed by atoms with Crippen molar-refractivity contribution < 1.29 is 8.42 Å². The van der Waals surface area contributed by atoms with E-state index in [0.29, 0.717) is 14.0 Å². The largest absolute Gasteiger partial charge is 0.262 e. The Morgan fingerprint density at radius 1 is 1.15 bits per heavy atom. The van der Waals surface area contributed by atoms with Crippen LogP contribution in [0.3, 0.4) is 0 Å². The normalized spacial score (nSPS) is 11.7. The van der Waals surface area contributed by atoms with E-state index in [2.05, 4.69) is 31.9 Å². The number of benzene rings is 1. The maximum atomic E-state index is 11.0. The fourth-order valence-corrected chi connectivity index (χ4v) is 3.68. The zero-order chi connectivity index (χ0) is 10.2. The molecule has 0 amide bonds. The predicted molar refractivity (Wildman–Crippen MR) is 59.9 cm³/mol. The maximum Gasteiger partial charge on any atom is 0.262 e. The van der Waals surface area contributed by atoms with E-state index in [4.69, 9.17) is 22.3 Å². The molecule has 0 aliphatic heterocycles. The average molecular weight is 369 g/mol. The molecular weight excluding hydrogens is 367 g/mol. The minimum absolute atomic E-state index is 0.00885. The summed E-state index contributed by atoms with van der Waals surface area (Å²) >= 11 is 11.9. The zero-order valence-electron chi connectivity index (χ0n) is 5.89. The first-order chi connectivity index (χ1) is 5.82. The van der Waals surface area contributed by atoms with Gasteiger partial charge in [-0.15, -0.1) is 0 Å². The van der Waals surface area contributed by atoms with Crippen molar-refractivity contribution in [2.45, 2.75) is 4.90 Å². The minimum Gasteiger partial charge on any atom is -0.207 e. The van der Waals surface area contributed by atoms with Crippen LogP contribution >= 0.6 is 54.1 Å². The van der Waals surface area contributed by atoms with Crippen molar-refractivity contribution in [1.29, 1.82) is 0 Å². The standard InChI is InChI=1S/C6H2Br2Cl2O2S/c7-3-2-6(13(10,11)12)4(8)1-5(3)9/h1-2H. The van der Waals surface area contributed by atoms with Crippen LogP contribution in [-0.2, 0) is 9.05 Å². The fraction of sp³-hybridized carbons (Fsp3) is 0. The summed E-state index contributed by atoms with van der Waals surface area (Å²) in [5.74, 6) is 0. The molecule has 1 aromatic carbocycles. The van der Waals surface area contributed by atoms with Crippen molar-refractivity contribution in [1.82, 2.24) is 0 Å². The summed E-state index contributed by atoms with van der Waals surface area (Å²) in [5, 5.41) is 0.413. The summed E-state index contributed by atoms with van der Waals surface area (Å²) < 4.78 is 22.8. The quantitative estimate of drug-likeness (QED) is 0.558. The molecule has 2 nitrogen and oxygen atoms in total. The van der Waals surface area contributed by atoms with E-state index in [1.165, 1.54) is 12.1 Å². The lowest BCUT2D eigenvalue weighted by Crippen LogP contribution is -1.92. The lowest BCUT2D eigenvalue weighted by Gasteiger charge is -2.02. The van der Waals surface area contributed by atoms with Crippen LogP contribution in [0, 0.1) is 0 Å². The molecule has 7 heteroatoms. The van der Waals surface area contributed by atoms with Gasteiger partial charge in [-0.2, -0.15) is 0 Å². The van der Waals surface area contributed by atoms with Crippen molar-refractivity contribution in [3.8, 4) is 0 Å². The average Bonchev–Trinajstić information content (AvgIpc) is 1.94. The van der Waals surface area contributed by atoms with E-state index in [9.17, 15) is 8.42 Å². The third-order valence-corrected chi connectivity index (χ3v) is 4.71. The Hall–Kier alpha value is 0.710. The molecule has 0 spiro atoms. The first-order valence-corrected chi connectivity index (χ1v) is 7.19. The molecule has 0 atom stereocenters. The van der Waals surface area contributed by atoms with Crippen molar-refractivity contribution in [3.05, 3.63) is 26.1 Å². The molecule has 1 rings (SSSR count). The van der Waals surface area contributed by atoms with Crippen LogP contribution in [0.15, 0.2) is 26.0 Å². The molecule has 72 valence electrons. The van der Waals surface area contributed by atoms with Gasteiger partial charge in [0.05, 0.1) is 9.92 Å². The van der Waals surface area contributed by atoms with Crippen LogP contribution in [0.1, 0.15) is 0 Å². The molecule has 0 unspecified atom stereocenters. The van der Waals surface area contributed by atoms with Crippen molar-refractivity contribution in [2.75, 3.05) is 0 Å². The van der Waals surface area contributed by atoms with Gasteiger partial charge in [-0.25, -0.2) is 8.42 Å². The number of halogens is 4. The second-order valence-electron chi connectivity index (χ2n) is 2.13. The molecule has 0 aromatic heterocycles. The highest BCUT2D eigenvalue weighted by Crippen LogP contribution is 2.33. The Kier molecular flexibility index (Phi) is 3.68. The first-order valence-electron chi connectivity index (χ1n) is 2.91. The SMILES string of the molecule is O=S(=O)(Cl)c1cc(Br)c(Cl)cc1Br. The number of hydrogen-bond donors (Lipinski definition) is 0. The summed E-state index contributed by atoms with van der Waals surface area (Å²) in [6, 6.07) is 2.80. The molecule has 0 aliphatic rings. The van der Waals surface area contributed by atoms with Gasteiger partial charge in [-0.3, -0.25) is 0 Å². The van der Waals surface area contributed by atoms with E-state index in [1.54, 1.807) is 0 Å². The maximum absolute atomic E-state index is 11.0. The van der Waals surface area contributed by atoms with Gasteiger partial charge in [0.15, 0.2) is 0 Å². The highest BCUT2D eigenvalue weighted by atomic mass is 79.9. The van der Waals surface area contributed by atoms with Crippen molar-refractivity contribution in [3.63, 3.8) is 0 Å². The molecule has 0 radical (unpaired) electrons. The number of rotatable bonds is 1. The highest BCUT2D eigenvalue weighted by Gasteiger charge is 2.16. The van der Waals surface area contributed by atoms with E-state index in [1.807, 2.05) is 0 Å². The monoisotopic (exact) mass is 366 g/mol. The third kappa shape index (κ3) is 2.83. The topological polar surface area (TPSA) is 34.1 Å². The van der Waals surface area contributed by atoms with E-state index in [0.717, 1.165) is 0 Å². The zero-order valence-corrected chi connectivity index (χ0v) is 11.4. The van der Waals surface area contributed by atoms with E-state index in [-0.39, 0.29) is 4.90 Å². The molecule has 13 heavy (non-hydrogen) atoms. The first kappa shape index (κ1) is 11.8. The molecule has 0 bridgehead atoms. The van der Waals surface area contributed by atoms with Crippen molar-refractivity contribution in [2.24, 2.45) is 0 Å². The predicted octanol–water partition coefficient (Wildman–Crippen LogP) is 3.79. The minimum atomic E-state index is -3.74. The highest BCUT2D eigenvalue weighted by molar-refractivity contribution is 9.11. The second-order valence-corrected chi connectivity index (χ2v) is 6.78.